The van der Waals surface area contributed by atoms with Crippen molar-refractivity contribution in [1.82, 2.24) is 0 Å². The van der Waals surface area contributed by atoms with Crippen molar-refractivity contribution in [3.8, 4) is 33.4 Å². The van der Waals surface area contributed by atoms with Gasteiger partial charge >= 0.3 is 50.5 Å². The Kier molecular flexibility index (Phi) is 13.8. The van der Waals surface area contributed by atoms with Gasteiger partial charge in [-0.25, -0.2) is 12.2 Å². The SMILES string of the molecule is CC[C](=[Ti+2])CC.[C-]1=CC=CC1.[Cl-].[Cl-].[c-]1cc(-c2ccccc2)cc2c1Cc1ccc(-c3ccccc3)cc1-2. The predicted molar refractivity (Wildman–Crippen MR) is 152 cm³/mol. The first kappa shape index (κ1) is 31.7. The Morgan fingerprint density at radius 1 is 0.737 bits per heavy atom. The molecule has 6 rings (SSSR count). The van der Waals surface area contributed by atoms with Crippen LogP contribution in [0.1, 0.15) is 44.2 Å². The van der Waals surface area contributed by atoms with E-state index in [-0.39, 0.29) is 24.8 Å². The van der Waals surface area contributed by atoms with Crippen molar-refractivity contribution < 1.29 is 44.8 Å². The van der Waals surface area contributed by atoms with E-state index < -0.39 is 0 Å². The predicted octanol–water partition coefficient (Wildman–Crippen LogP) is 3.23. The van der Waals surface area contributed by atoms with Crippen LogP contribution < -0.4 is 24.8 Å². The van der Waals surface area contributed by atoms with Crippen LogP contribution in [0.4, 0.5) is 0 Å². The normalized spacial score (nSPS) is 11.5. The number of fused-ring (bicyclic) bond motifs is 3. The van der Waals surface area contributed by atoms with Gasteiger partial charge < -0.3 is 24.8 Å². The summed E-state index contributed by atoms with van der Waals surface area (Å²) >= 11 is 2.19. The molecule has 0 saturated heterocycles. The first-order valence-corrected chi connectivity index (χ1v) is 13.5. The summed E-state index contributed by atoms with van der Waals surface area (Å²) in [4.78, 5) is 0. The minimum absolute atomic E-state index is 0. The topological polar surface area (TPSA) is 0 Å². The van der Waals surface area contributed by atoms with Crippen LogP contribution in [0, 0.1) is 12.1 Å². The third kappa shape index (κ3) is 8.52. The fourth-order valence-corrected chi connectivity index (χ4v) is 4.28. The first-order valence-electron chi connectivity index (χ1n) is 12.8. The number of hydrogen-bond donors (Lipinski definition) is 0. The molecule has 0 N–H and O–H groups in total. The molecular weight excluding hydrogens is 539 g/mol. The molecule has 0 heterocycles. The molecule has 3 heteroatoms. The van der Waals surface area contributed by atoms with E-state index in [0.717, 1.165) is 12.8 Å². The van der Waals surface area contributed by atoms with Crippen molar-refractivity contribution >= 4 is 3.81 Å². The number of hydrogen-bond acceptors (Lipinski definition) is 0. The van der Waals surface area contributed by atoms with Gasteiger partial charge in [0.2, 0.25) is 0 Å². The summed E-state index contributed by atoms with van der Waals surface area (Å²) in [5.74, 6) is 0. The molecule has 0 spiro atoms. The largest absolute Gasteiger partial charge is 1.00 e. The standard InChI is InChI=1S/C25H17.C5H5.C5H10.2ClH.Ti/c1-3-7-18(8-4-1)20-11-13-22-15-23-14-12-21(17-25(23)24(22)16-20)19-9-5-2-6-10-19;1-2-4-5-3-1;1-3-5-4-2;;;/h1-13,16-17H,15H2;1-3H,4H2;3-4H2,1-2H3;2*1H;/q2*-1;;;;+2/p-2. The Bertz CT molecular complexity index is 1250. The zero-order valence-electron chi connectivity index (χ0n) is 22.0. The van der Waals surface area contributed by atoms with Crippen molar-refractivity contribution in [2.24, 2.45) is 0 Å². The first-order chi connectivity index (χ1) is 17.7. The Balaban J connectivity index is 0.000000330. The molecule has 0 bridgehead atoms. The molecule has 0 aromatic heterocycles. The second-order valence-electron chi connectivity index (χ2n) is 8.88. The fourth-order valence-electron chi connectivity index (χ4n) is 4.28. The van der Waals surface area contributed by atoms with Crippen molar-refractivity contribution in [1.29, 1.82) is 0 Å². The van der Waals surface area contributed by atoms with E-state index in [2.05, 4.69) is 143 Å². The van der Waals surface area contributed by atoms with Crippen LogP contribution in [0.25, 0.3) is 33.4 Å². The molecule has 4 aromatic carbocycles. The number of allylic oxidation sites excluding steroid dienone is 4. The Labute approximate surface area is 252 Å². The van der Waals surface area contributed by atoms with Crippen LogP contribution in [0.2, 0.25) is 0 Å². The molecule has 2 aliphatic carbocycles. The van der Waals surface area contributed by atoms with Gasteiger partial charge in [0.05, 0.1) is 0 Å². The molecule has 0 atom stereocenters. The number of benzene rings is 4. The zero-order valence-corrected chi connectivity index (χ0v) is 25.1. The molecule has 0 unspecified atom stereocenters. The second-order valence-corrected chi connectivity index (χ2v) is 9.98. The maximum atomic E-state index is 3.52. The Morgan fingerprint density at radius 2 is 1.34 bits per heavy atom. The molecule has 0 aliphatic heterocycles. The molecule has 0 amide bonds. The summed E-state index contributed by atoms with van der Waals surface area (Å²) < 4.78 is 1.59. The minimum atomic E-state index is 0. The van der Waals surface area contributed by atoms with E-state index in [1.807, 2.05) is 12.2 Å². The maximum Gasteiger partial charge on any atom is -0.0184 e. The summed E-state index contributed by atoms with van der Waals surface area (Å²) in [6.07, 6.45) is 13.5. The smallest absolute Gasteiger partial charge is 0.0184 e. The average Bonchev–Trinajstić information content (AvgIpc) is 3.65. The minimum Gasteiger partial charge on any atom is -1.00 e. The van der Waals surface area contributed by atoms with Gasteiger partial charge in [-0.1, -0.05) is 95.6 Å². The van der Waals surface area contributed by atoms with E-state index in [0.29, 0.717) is 0 Å². The molecule has 2 aliphatic rings. The van der Waals surface area contributed by atoms with E-state index in [1.165, 1.54) is 57.3 Å². The van der Waals surface area contributed by atoms with Crippen molar-refractivity contribution in [2.45, 2.75) is 39.5 Å². The van der Waals surface area contributed by atoms with Gasteiger partial charge in [0.15, 0.2) is 0 Å². The number of halogens is 2. The summed E-state index contributed by atoms with van der Waals surface area (Å²) in [5, 5.41) is 0. The van der Waals surface area contributed by atoms with Crippen LogP contribution in [0.15, 0.2) is 109 Å². The van der Waals surface area contributed by atoms with Crippen molar-refractivity contribution in [2.75, 3.05) is 0 Å². The Hall–Kier alpha value is -2.48. The van der Waals surface area contributed by atoms with Crippen LogP contribution in [-0.4, -0.2) is 3.81 Å². The van der Waals surface area contributed by atoms with Gasteiger partial charge in [-0.15, -0.1) is 17.5 Å². The number of rotatable bonds is 4. The van der Waals surface area contributed by atoms with E-state index in [4.69, 9.17) is 0 Å². The summed E-state index contributed by atoms with van der Waals surface area (Å²) in [6.45, 7) is 4.39. The summed E-state index contributed by atoms with van der Waals surface area (Å²) in [6, 6.07) is 35.9. The van der Waals surface area contributed by atoms with E-state index in [9.17, 15) is 0 Å². The average molecular weight is 571 g/mol. The third-order valence-electron chi connectivity index (χ3n) is 6.45. The monoisotopic (exact) mass is 570 g/mol. The van der Waals surface area contributed by atoms with Gasteiger partial charge in [0, 0.05) is 0 Å². The molecular formula is C35H32Cl2Ti-2. The molecule has 0 fully saturated rings. The Morgan fingerprint density at radius 3 is 1.84 bits per heavy atom. The van der Waals surface area contributed by atoms with Gasteiger partial charge in [0.25, 0.3) is 0 Å². The van der Waals surface area contributed by atoms with Gasteiger partial charge in [-0.3, -0.25) is 6.08 Å². The second kappa shape index (κ2) is 16.5. The molecule has 4 aromatic rings. The van der Waals surface area contributed by atoms with Crippen LogP contribution in [0.5, 0.6) is 0 Å². The zero-order chi connectivity index (χ0) is 25.2. The maximum absolute atomic E-state index is 3.52. The van der Waals surface area contributed by atoms with Gasteiger partial charge in [0.1, 0.15) is 0 Å². The molecule has 0 radical (unpaired) electrons. The van der Waals surface area contributed by atoms with Crippen molar-refractivity contribution in [3.05, 3.63) is 132 Å². The van der Waals surface area contributed by atoms with Gasteiger partial charge in [-0.2, -0.15) is 29.8 Å². The van der Waals surface area contributed by atoms with Crippen molar-refractivity contribution in [3.63, 3.8) is 0 Å². The summed E-state index contributed by atoms with van der Waals surface area (Å²) in [7, 11) is 0. The van der Waals surface area contributed by atoms with Crippen LogP contribution in [-0.2, 0) is 26.4 Å². The van der Waals surface area contributed by atoms with Crippen LogP contribution in [0.3, 0.4) is 0 Å². The molecule has 38 heavy (non-hydrogen) atoms. The third-order valence-corrected chi connectivity index (χ3v) is 7.55. The molecule has 192 valence electrons. The fraction of sp³-hybridized carbons (Fsp3) is 0.171. The molecule has 0 nitrogen and oxygen atoms in total. The van der Waals surface area contributed by atoms with E-state index >= 15 is 0 Å². The van der Waals surface area contributed by atoms with E-state index in [1.54, 1.807) is 3.81 Å². The summed E-state index contributed by atoms with van der Waals surface area (Å²) in [5.41, 5.74) is 10.4. The van der Waals surface area contributed by atoms with Gasteiger partial charge in [-0.05, 0) is 17.5 Å². The van der Waals surface area contributed by atoms with Crippen LogP contribution >= 0.6 is 0 Å². The molecule has 0 saturated carbocycles. The quantitative estimate of drug-likeness (QED) is 0.230.